The molecular formula is C22H14O4. The van der Waals surface area contributed by atoms with Gasteiger partial charge in [-0.05, 0) is 41.5 Å². The van der Waals surface area contributed by atoms with Crippen molar-refractivity contribution in [3.8, 4) is 23.0 Å². The molecule has 0 unspecified atom stereocenters. The maximum absolute atomic E-state index is 11.2. The van der Waals surface area contributed by atoms with E-state index < -0.39 is 11.9 Å². The van der Waals surface area contributed by atoms with Crippen LogP contribution in [0.4, 0.5) is 0 Å². The highest BCUT2D eigenvalue weighted by atomic mass is 16.4. The van der Waals surface area contributed by atoms with Crippen molar-refractivity contribution in [3.05, 3.63) is 95.1 Å². The van der Waals surface area contributed by atoms with Crippen molar-refractivity contribution < 1.29 is 19.8 Å². The van der Waals surface area contributed by atoms with Gasteiger partial charge >= 0.3 is 11.9 Å². The van der Waals surface area contributed by atoms with Gasteiger partial charge in [-0.15, -0.1) is 0 Å². The molecule has 0 heterocycles. The third-order valence-electron chi connectivity index (χ3n) is 3.82. The molecule has 0 aliphatic rings. The summed E-state index contributed by atoms with van der Waals surface area (Å²) in [6, 6.07) is 21.7. The molecule has 3 aromatic carbocycles. The van der Waals surface area contributed by atoms with E-state index in [1.54, 1.807) is 0 Å². The Bertz CT molecular complexity index is 1020. The minimum Gasteiger partial charge on any atom is -0.478 e. The highest BCUT2D eigenvalue weighted by Gasteiger charge is 2.15. The van der Waals surface area contributed by atoms with Crippen molar-refractivity contribution >= 4 is 11.9 Å². The van der Waals surface area contributed by atoms with Crippen molar-refractivity contribution in [2.24, 2.45) is 0 Å². The number of hydrogen-bond donors (Lipinski definition) is 2. The molecule has 3 rings (SSSR count). The largest absolute Gasteiger partial charge is 0.478 e. The number of aromatic carboxylic acids is 2. The van der Waals surface area contributed by atoms with Crippen LogP contribution in [-0.2, 0) is 0 Å². The molecule has 0 saturated heterocycles. The highest BCUT2D eigenvalue weighted by Crippen LogP contribution is 2.19. The fourth-order valence-electron chi connectivity index (χ4n) is 2.51. The Kier molecular flexibility index (Phi) is 4.82. The average Bonchev–Trinajstić information content (AvgIpc) is 2.67. The molecule has 4 heteroatoms. The fraction of sp³-hybridized carbons (Fsp3) is 0. The molecule has 0 saturated carbocycles. The van der Waals surface area contributed by atoms with E-state index in [-0.39, 0.29) is 11.1 Å². The molecule has 2 N–H and O–H groups in total. The van der Waals surface area contributed by atoms with Crippen LogP contribution in [0.1, 0.15) is 31.8 Å². The molecule has 0 radical (unpaired) electrons. The topological polar surface area (TPSA) is 74.6 Å². The number of hydrogen-bond acceptors (Lipinski definition) is 2. The van der Waals surface area contributed by atoms with Crippen LogP contribution in [-0.4, -0.2) is 22.2 Å². The van der Waals surface area contributed by atoms with Gasteiger partial charge in [0.25, 0.3) is 0 Å². The second-order valence-electron chi connectivity index (χ2n) is 5.56. The fourth-order valence-corrected chi connectivity index (χ4v) is 2.51. The summed E-state index contributed by atoms with van der Waals surface area (Å²) in [5, 5.41) is 18.2. The minimum atomic E-state index is -1.29. The third-order valence-corrected chi connectivity index (χ3v) is 3.82. The molecule has 0 spiro atoms. The number of carboxylic acid groups (broad SMARTS) is 2. The van der Waals surface area contributed by atoms with Crippen LogP contribution < -0.4 is 0 Å². The summed E-state index contributed by atoms with van der Waals surface area (Å²) in [4.78, 5) is 22.3. The molecule has 0 aromatic heterocycles. The molecule has 3 aromatic rings. The first kappa shape index (κ1) is 17.0. The normalized spacial score (nSPS) is 9.85. The average molecular weight is 342 g/mol. The Balaban J connectivity index is 1.87. The molecule has 4 nitrogen and oxygen atoms in total. The standard InChI is InChI=1S/C22H14O4/c23-21(24)19-13-10-16(14-20(19)22(25)26)7-6-15-8-11-18(12-9-15)17-4-2-1-3-5-17/h1-5,8-14H,(H,23,24)(H,25,26). The van der Waals surface area contributed by atoms with Gasteiger partial charge in [0.1, 0.15) is 0 Å². The summed E-state index contributed by atoms with van der Waals surface area (Å²) < 4.78 is 0. The number of carboxylic acids is 2. The van der Waals surface area contributed by atoms with Crippen LogP contribution in [0.2, 0.25) is 0 Å². The molecule has 0 fully saturated rings. The van der Waals surface area contributed by atoms with Gasteiger partial charge in [0.15, 0.2) is 0 Å². The summed E-state index contributed by atoms with van der Waals surface area (Å²) in [7, 11) is 0. The quantitative estimate of drug-likeness (QED) is 0.701. The van der Waals surface area contributed by atoms with Crippen molar-refractivity contribution in [1.29, 1.82) is 0 Å². The summed E-state index contributed by atoms with van der Waals surface area (Å²) in [5.41, 5.74) is 2.89. The van der Waals surface area contributed by atoms with E-state index in [2.05, 4.69) is 11.8 Å². The molecule has 0 aliphatic heterocycles. The van der Waals surface area contributed by atoms with Gasteiger partial charge in [0.05, 0.1) is 11.1 Å². The predicted octanol–water partition coefficient (Wildman–Crippen LogP) is 4.15. The van der Waals surface area contributed by atoms with Crippen LogP contribution >= 0.6 is 0 Å². The Hall–Kier alpha value is -3.84. The Labute approximate surface area is 150 Å². The highest BCUT2D eigenvalue weighted by molar-refractivity contribution is 6.01. The van der Waals surface area contributed by atoms with Crippen molar-refractivity contribution in [2.45, 2.75) is 0 Å². The van der Waals surface area contributed by atoms with E-state index in [0.29, 0.717) is 5.56 Å². The first-order valence-corrected chi connectivity index (χ1v) is 7.83. The SMILES string of the molecule is O=C(O)c1ccc(C#Cc2ccc(-c3ccccc3)cc2)cc1C(=O)O. The van der Waals surface area contributed by atoms with Gasteiger partial charge in [-0.1, -0.05) is 54.3 Å². The Morgan fingerprint density at radius 1 is 0.615 bits per heavy atom. The van der Waals surface area contributed by atoms with E-state index in [4.69, 9.17) is 10.2 Å². The lowest BCUT2D eigenvalue weighted by molar-refractivity contribution is 0.0651. The Morgan fingerprint density at radius 2 is 1.15 bits per heavy atom. The summed E-state index contributed by atoms with van der Waals surface area (Å²) in [6.45, 7) is 0. The second-order valence-corrected chi connectivity index (χ2v) is 5.56. The smallest absolute Gasteiger partial charge is 0.336 e. The Morgan fingerprint density at radius 3 is 1.77 bits per heavy atom. The number of carbonyl (C=O) groups is 2. The molecule has 0 amide bonds. The van der Waals surface area contributed by atoms with Gasteiger partial charge in [0.2, 0.25) is 0 Å². The summed E-state index contributed by atoms with van der Waals surface area (Å²) in [5.74, 6) is 3.27. The molecule has 0 aliphatic carbocycles. The van der Waals surface area contributed by atoms with Crippen LogP contribution in [0.15, 0.2) is 72.8 Å². The van der Waals surface area contributed by atoms with E-state index in [0.717, 1.165) is 16.7 Å². The zero-order valence-electron chi connectivity index (χ0n) is 13.6. The lowest BCUT2D eigenvalue weighted by Crippen LogP contribution is -2.08. The molecule has 26 heavy (non-hydrogen) atoms. The summed E-state index contributed by atoms with van der Waals surface area (Å²) >= 11 is 0. The molecule has 126 valence electrons. The zero-order chi connectivity index (χ0) is 18.5. The van der Waals surface area contributed by atoms with Crippen LogP contribution in [0.3, 0.4) is 0 Å². The van der Waals surface area contributed by atoms with Crippen molar-refractivity contribution in [1.82, 2.24) is 0 Å². The monoisotopic (exact) mass is 342 g/mol. The second kappa shape index (κ2) is 7.37. The molecule has 0 atom stereocenters. The minimum absolute atomic E-state index is 0.254. The van der Waals surface area contributed by atoms with Crippen LogP contribution in [0.25, 0.3) is 11.1 Å². The van der Waals surface area contributed by atoms with Gasteiger partial charge < -0.3 is 10.2 Å². The maximum Gasteiger partial charge on any atom is 0.336 e. The summed E-state index contributed by atoms with van der Waals surface area (Å²) in [6.07, 6.45) is 0. The van der Waals surface area contributed by atoms with Crippen LogP contribution in [0, 0.1) is 11.8 Å². The third kappa shape index (κ3) is 3.80. The van der Waals surface area contributed by atoms with Gasteiger partial charge in [0, 0.05) is 11.1 Å². The van der Waals surface area contributed by atoms with Gasteiger partial charge in [-0.2, -0.15) is 0 Å². The number of rotatable bonds is 3. The van der Waals surface area contributed by atoms with E-state index in [1.165, 1.54) is 18.2 Å². The van der Waals surface area contributed by atoms with Gasteiger partial charge in [-0.25, -0.2) is 9.59 Å². The van der Waals surface area contributed by atoms with Crippen LogP contribution in [0.5, 0.6) is 0 Å². The lowest BCUT2D eigenvalue weighted by atomic mass is 10.0. The predicted molar refractivity (Wildman–Crippen MR) is 98.2 cm³/mol. The lowest BCUT2D eigenvalue weighted by Gasteiger charge is -2.02. The first-order chi connectivity index (χ1) is 12.5. The molecular weight excluding hydrogens is 328 g/mol. The van der Waals surface area contributed by atoms with Gasteiger partial charge in [-0.3, -0.25) is 0 Å². The van der Waals surface area contributed by atoms with Crippen molar-refractivity contribution in [3.63, 3.8) is 0 Å². The van der Waals surface area contributed by atoms with E-state index in [1.807, 2.05) is 54.6 Å². The first-order valence-electron chi connectivity index (χ1n) is 7.83. The molecule has 0 bridgehead atoms. The zero-order valence-corrected chi connectivity index (χ0v) is 13.6. The van der Waals surface area contributed by atoms with E-state index >= 15 is 0 Å². The van der Waals surface area contributed by atoms with Crippen molar-refractivity contribution in [2.75, 3.05) is 0 Å². The number of benzene rings is 3. The van der Waals surface area contributed by atoms with E-state index in [9.17, 15) is 9.59 Å². The maximum atomic E-state index is 11.2.